The van der Waals surface area contributed by atoms with E-state index in [1.165, 1.54) is 0 Å². The largest absolute Gasteiger partial charge is 0.340 e. The van der Waals surface area contributed by atoms with Crippen LogP contribution in [0.15, 0.2) is 42.7 Å². The van der Waals surface area contributed by atoms with Crippen molar-refractivity contribution in [2.24, 2.45) is 0 Å². The molecule has 1 aromatic rings. The van der Waals surface area contributed by atoms with Crippen LogP contribution in [0.25, 0.3) is 0 Å². The van der Waals surface area contributed by atoms with Gasteiger partial charge in [0.05, 0.1) is 5.69 Å². The highest BCUT2D eigenvalue weighted by Gasteiger charge is 2.16. The topological polar surface area (TPSA) is 35.6 Å². The predicted octanol–water partition coefficient (Wildman–Crippen LogP) is 1.92. The maximum absolute atomic E-state index is 11.5. The zero-order valence-electron chi connectivity index (χ0n) is 8.55. The summed E-state index contributed by atoms with van der Waals surface area (Å²) in [5.41, 5.74) is 3.71. The third-order valence-electron chi connectivity index (χ3n) is 2.25. The van der Waals surface area contributed by atoms with Crippen LogP contribution in [0.4, 0.5) is 10.5 Å². The average molecular weight is 203 g/mol. The summed E-state index contributed by atoms with van der Waals surface area (Å²) in [6.07, 6.45) is 3.60. The van der Waals surface area contributed by atoms with Gasteiger partial charge in [0.1, 0.15) is 0 Å². The van der Waals surface area contributed by atoms with E-state index in [0.29, 0.717) is 6.54 Å². The molecule has 0 aliphatic carbocycles. The highest BCUT2D eigenvalue weighted by Crippen LogP contribution is 2.14. The molecule has 1 N–H and O–H groups in total. The SMILES string of the molecule is CCN1C=CN(c2ccccc2)NC1=O. The van der Waals surface area contributed by atoms with Crippen LogP contribution >= 0.6 is 0 Å². The van der Waals surface area contributed by atoms with Crippen LogP contribution in [0.5, 0.6) is 0 Å². The Balaban J connectivity index is 2.18. The van der Waals surface area contributed by atoms with Gasteiger partial charge in [-0.15, -0.1) is 0 Å². The Bertz CT molecular complexity index is 375. The van der Waals surface area contributed by atoms with Crippen LogP contribution in [-0.4, -0.2) is 17.5 Å². The molecule has 0 radical (unpaired) electrons. The molecule has 0 fully saturated rings. The molecular formula is C11H13N3O. The van der Waals surface area contributed by atoms with E-state index in [9.17, 15) is 4.79 Å². The first-order valence-electron chi connectivity index (χ1n) is 4.91. The van der Waals surface area contributed by atoms with Crippen LogP contribution in [-0.2, 0) is 0 Å². The van der Waals surface area contributed by atoms with Gasteiger partial charge in [0.15, 0.2) is 0 Å². The molecule has 0 saturated heterocycles. The smallest absolute Gasteiger partial charge is 0.298 e. The fourth-order valence-electron chi connectivity index (χ4n) is 1.41. The quantitative estimate of drug-likeness (QED) is 0.797. The van der Waals surface area contributed by atoms with E-state index >= 15 is 0 Å². The van der Waals surface area contributed by atoms with Crippen molar-refractivity contribution < 1.29 is 4.79 Å². The summed E-state index contributed by atoms with van der Waals surface area (Å²) in [6.45, 7) is 2.60. The maximum Gasteiger partial charge on any atom is 0.340 e. The maximum atomic E-state index is 11.5. The van der Waals surface area contributed by atoms with Gasteiger partial charge in [-0.25, -0.2) is 10.2 Å². The standard InChI is InChI=1S/C11H13N3O/c1-2-13-8-9-14(12-11(13)15)10-6-4-3-5-7-10/h3-9H,2H2,1H3,(H,12,15). The summed E-state index contributed by atoms with van der Waals surface area (Å²) in [5.74, 6) is 0. The van der Waals surface area contributed by atoms with Crippen molar-refractivity contribution in [3.8, 4) is 0 Å². The van der Waals surface area contributed by atoms with Gasteiger partial charge in [0.25, 0.3) is 0 Å². The highest BCUT2D eigenvalue weighted by atomic mass is 16.2. The Morgan fingerprint density at radius 3 is 2.53 bits per heavy atom. The predicted molar refractivity (Wildman–Crippen MR) is 59.0 cm³/mol. The summed E-state index contributed by atoms with van der Waals surface area (Å²) in [5, 5.41) is 1.70. The van der Waals surface area contributed by atoms with Crippen LogP contribution in [0, 0.1) is 0 Å². The number of rotatable bonds is 2. The van der Waals surface area contributed by atoms with Gasteiger partial charge in [0.2, 0.25) is 0 Å². The minimum atomic E-state index is -0.108. The lowest BCUT2D eigenvalue weighted by atomic mass is 10.3. The minimum absolute atomic E-state index is 0.108. The second-order valence-corrected chi connectivity index (χ2v) is 3.21. The summed E-state index contributed by atoms with van der Waals surface area (Å²) in [4.78, 5) is 13.1. The molecule has 1 heterocycles. The third kappa shape index (κ3) is 1.93. The number of nitrogens with one attached hydrogen (secondary N) is 1. The molecule has 0 aromatic heterocycles. The Labute approximate surface area is 88.8 Å². The fraction of sp³-hybridized carbons (Fsp3) is 0.182. The van der Waals surface area contributed by atoms with Crippen LogP contribution < -0.4 is 10.4 Å². The zero-order valence-corrected chi connectivity index (χ0v) is 8.55. The Hall–Kier alpha value is -1.97. The Morgan fingerprint density at radius 2 is 1.93 bits per heavy atom. The van der Waals surface area contributed by atoms with Gasteiger partial charge < -0.3 is 0 Å². The van der Waals surface area contributed by atoms with Gasteiger partial charge in [0, 0.05) is 18.9 Å². The molecule has 4 heteroatoms. The number of carbonyl (C=O) groups excluding carboxylic acids is 1. The number of urea groups is 1. The lowest BCUT2D eigenvalue weighted by Crippen LogP contribution is -2.48. The number of carbonyl (C=O) groups is 1. The van der Waals surface area contributed by atoms with Crippen molar-refractivity contribution in [2.75, 3.05) is 11.6 Å². The first-order valence-corrected chi connectivity index (χ1v) is 4.91. The molecule has 1 aromatic carbocycles. The second kappa shape index (κ2) is 4.04. The van der Waals surface area contributed by atoms with Crippen molar-refractivity contribution in [3.05, 3.63) is 42.7 Å². The zero-order chi connectivity index (χ0) is 10.7. The normalized spacial score (nSPS) is 15.4. The van der Waals surface area contributed by atoms with E-state index in [-0.39, 0.29) is 6.03 Å². The fourth-order valence-corrected chi connectivity index (χ4v) is 1.41. The molecule has 0 bridgehead atoms. The highest BCUT2D eigenvalue weighted by molar-refractivity contribution is 5.79. The van der Waals surface area contributed by atoms with E-state index in [2.05, 4.69) is 5.43 Å². The van der Waals surface area contributed by atoms with Gasteiger partial charge >= 0.3 is 6.03 Å². The number of hydrogen-bond acceptors (Lipinski definition) is 2. The van der Waals surface area contributed by atoms with Gasteiger partial charge in [-0.05, 0) is 19.1 Å². The van der Waals surface area contributed by atoms with E-state index < -0.39 is 0 Å². The van der Waals surface area contributed by atoms with Crippen LogP contribution in [0.1, 0.15) is 6.92 Å². The van der Waals surface area contributed by atoms with Crippen LogP contribution in [0.2, 0.25) is 0 Å². The number of amides is 2. The van der Waals surface area contributed by atoms with Gasteiger partial charge in [-0.2, -0.15) is 0 Å². The molecule has 0 saturated carbocycles. The van der Waals surface area contributed by atoms with Crippen molar-refractivity contribution in [1.29, 1.82) is 0 Å². The molecule has 1 aliphatic rings. The summed E-state index contributed by atoms with van der Waals surface area (Å²) >= 11 is 0. The van der Waals surface area contributed by atoms with E-state index in [0.717, 1.165) is 5.69 Å². The Kier molecular flexibility index (Phi) is 2.58. The number of anilines is 1. The van der Waals surface area contributed by atoms with Crippen molar-refractivity contribution in [2.45, 2.75) is 6.92 Å². The first kappa shape index (κ1) is 9.58. The first-order chi connectivity index (χ1) is 7.31. The number of benzene rings is 1. The lowest BCUT2D eigenvalue weighted by molar-refractivity contribution is 0.214. The van der Waals surface area contributed by atoms with E-state index in [1.807, 2.05) is 43.5 Å². The molecule has 2 rings (SSSR count). The summed E-state index contributed by atoms with van der Waals surface area (Å²) < 4.78 is 0. The van der Waals surface area contributed by atoms with E-state index in [4.69, 9.17) is 0 Å². The average Bonchev–Trinajstić information content (AvgIpc) is 2.30. The second-order valence-electron chi connectivity index (χ2n) is 3.21. The molecule has 0 spiro atoms. The summed E-state index contributed by atoms with van der Waals surface area (Å²) in [7, 11) is 0. The molecule has 15 heavy (non-hydrogen) atoms. The van der Waals surface area contributed by atoms with Crippen molar-refractivity contribution in [1.82, 2.24) is 10.3 Å². The summed E-state index contributed by atoms with van der Waals surface area (Å²) in [6, 6.07) is 9.57. The van der Waals surface area contributed by atoms with E-state index in [1.54, 1.807) is 16.1 Å². The third-order valence-corrected chi connectivity index (χ3v) is 2.25. The molecule has 1 aliphatic heterocycles. The molecular weight excluding hydrogens is 190 g/mol. The minimum Gasteiger partial charge on any atom is -0.298 e. The number of para-hydroxylation sites is 1. The van der Waals surface area contributed by atoms with Crippen molar-refractivity contribution >= 4 is 11.7 Å². The number of nitrogens with zero attached hydrogens (tertiary/aromatic N) is 2. The molecule has 2 amide bonds. The monoisotopic (exact) mass is 203 g/mol. The van der Waals surface area contributed by atoms with Gasteiger partial charge in [-0.1, -0.05) is 18.2 Å². The Morgan fingerprint density at radius 1 is 1.20 bits per heavy atom. The van der Waals surface area contributed by atoms with Gasteiger partial charge in [-0.3, -0.25) is 9.91 Å². The number of hydrazine groups is 1. The van der Waals surface area contributed by atoms with Crippen LogP contribution in [0.3, 0.4) is 0 Å². The van der Waals surface area contributed by atoms with Crippen molar-refractivity contribution in [3.63, 3.8) is 0 Å². The lowest BCUT2D eigenvalue weighted by Gasteiger charge is -2.29. The molecule has 4 nitrogen and oxygen atoms in total. The molecule has 78 valence electrons. The molecule has 0 atom stereocenters. The molecule has 0 unspecified atom stereocenters. The number of hydrogen-bond donors (Lipinski definition) is 1.